The molecule has 1 aliphatic heterocycles. The molecule has 1 saturated heterocycles. The Balaban J connectivity index is 0.000000611. The van der Waals surface area contributed by atoms with Crippen molar-refractivity contribution in [3.8, 4) is 0 Å². The maximum Gasteiger partial charge on any atom is 0.328 e. The fraction of sp³-hybridized carbons (Fsp3) is 0.600. The maximum absolute atomic E-state index is 13.4. The zero-order valence-corrected chi connectivity index (χ0v) is 23.6. The van der Waals surface area contributed by atoms with Crippen molar-refractivity contribution in [3.63, 3.8) is 0 Å². The summed E-state index contributed by atoms with van der Waals surface area (Å²) in [7, 11) is 0. The molecule has 10 heteroatoms. The zero-order chi connectivity index (χ0) is 29.3. The molecule has 9 nitrogen and oxygen atoms in total. The lowest BCUT2D eigenvalue weighted by Gasteiger charge is -2.30. The molecular weight excluding hydrogens is 519 g/mol. The van der Waals surface area contributed by atoms with Crippen LogP contribution in [-0.2, 0) is 19.2 Å². The minimum absolute atomic E-state index is 0.00762. The highest BCUT2D eigenvalue weighted by molar-refractivity contribution is 5.89. The SMILES string of the molecule is CCCCCCCCC(CCCC)C(=O)ON1CCC(c2noc3cc(F)ccc23)CC1.O=C(O)C=CC(=O)O. The lowest BCUT2D eigenvalue weighted by Crippen LogP contribution is -2.37. The normalized spacial score (nSPS) is 15.1. The highest BCUT2D eigenvalue weighted by Crippen LogP contribution is 2.33. The van der Waals surface area contributed by atoms with Crippen molar-refractivity contribution in [3.05, 3.63) is 41.9 Å². The summed E-state index contributed by atoms with van der Waals surface area (Å²) in [6.07, 6.45) is 14.2. The first-order valence-electron chi connectivity index (χ1n) is 14.4. The average Bonchev–Trinajstić information content (AvgIpc) is 3.34. The average molecular weight is 563 g/mol. The Morgan fingerprint density at radius 3 is 2.23 bits per heavy atom. The van der Waals surface area contributed by atoms with Crippen LogP contribution in [0, 0.1) is 11.7 Å². The van der Waals surface area contributed by atoms with Crippen LogP contribution in [0.1, 0.15) is 103 Å². The van der Waals surface area contributed by atoms with Gasteiger partial charge >= 0.3 is 17.9 Å². The molecule has 1 atom stereocenters. The number of carboxylic acids is 2. The lowest BCUT2D eigenvalue weighted by molar-refractivity contribution is -0.200. The number of fused-ring (bicyclic) bond motifs is 1. The van der Waals surface area contributed by atoms with E-state index in [0.29, 0.717) is 30.8 Å². The van der Waals surface area contributed by atoms with Crippen LogP contribution in [-0.4, -0.2) is 51.4 Å². The molecular formula is C30H43FN2O7. The van der Waals surface area contributed by atoms with E-state index in [2.05, 4.69) is 19.0 Å². The number of benzene rings is 1. The number of rotatable bonds is 15. The maximum atomic E-state index is 13.4. The Morgan fingerprint density at radius 1 is 1.00 bits per heavy atom. The second kappa shape index (κ2) is 18.1. The van der Waals surface area contributed by atoms with Gasteiger partial charge in [0.15, 0.2) is 5.58 Å². The van der Waals surface area contributed by atoms with Crippen molar-refractivity contribution in [2.45, 2.75) is 96.8 Å². The number of hydroxylamine groups is 2. The number of aromatic nitrogens is 1. The minimum atomic E-state index is -1.26. The highest BCUT2D eigenvalue weighted by Gasteiger charge is 2.29. The van der Waals surface area contributed by atoms with E-state index in [1.54, 1.807) is 6.07 Å². The molecule has 2 heterocycles. The molecule has 3 rings (SSSR count). The van der Waals surface area contributed by atoms with Crippen molar-refractivity contribution in [2.24, 2.45) is 5.92 Å². The molecule has 1 aromatic heterocycles. The van der Waals surface area contributed by atoms with Crippen molar-refractivity contribution in [2.75, 3.05) is 13.1 Å². The van der Waals surface area contributed by atoms with Gasteiger partial charge in [0.2, 0.25) is 0 Å². The Hall–Kier alpha value is -3.27. The highest BCUT2D eigenvalue weighted by atomic mass is 19.1. The third-order valence-electron chi connectivity index (χ3n) is 7.04. The van der Waals surface area contributed by atoms with Gasteiger partial charge in [-0.2, -0.15) is 0 Å². The largest absolute Gasteiger partial charge is 0.478 e. The van der Waals surface area contributed by atoms with Gasteiger partial charge in [0.05, 0.1) is 11.6 Å². The zero-order valence-electron chi connectivity index (χ0n) is 23.6. The Morgan fingerprint density at radius 2 is 1.60 bits per heavy atom. The summed E-state index contributed by atoms with van der Waals surface area (Å²) in [6.45, 7) is 5.77. The van der Waals surface area contributed by atoms with Crippen molar-refractivity contribution in [1.82, 2.24) is 10.2 Å². The molecule has 2 aromatic rings. The van der Waals surface area contributed by atoms with E-state index in [0.717, 1.165) is 56.0 Å². The number of piperidine rings is 1. The van der Waals surface area contributed by atoms with Crippen molar-refractivity contribution in [1.29, 1.82) is 0 Å². The Bertz CT molecular complexity index is 1080. The van der Waals surface area contributed by atoms with Crippen LogP contribution in [0.15, 0.2) is 34.9 Å². The van der Waals surface area contributed by atoms with E-state index in [1.165, 1.54) is 44.2 Å². The predicted octanol–water partition coefficient (Wildman–Crippen LogP) is 6.87. The smallest absolute Gasteiger partial charge is 0.328 e. The summed E-state index contributed by atoms with van der Waals surface area (Å²) in [5.74, 6) is -2.66. The number of carbonyl (C=O) groups excluding carboxylic acids is 1. The Labute approximate surface area is 235 Å². The van der Waals surface area contributed by atoms with E-state index in [-0.39, 0.29) is 23.6 Å². The van der Waals surface area contributed by atoms with Gasteiger partial charge in [-0.1, -0.05) is 70.4 Å². The number of hydrogen-bond acceptors (Lipinski definition) is 7. The third kappa shape index (κ3) is 11.9. The quantitative estimate of drug-likeness (QED) is 0.176. The minimum Gasteiger partial charge on any atom is -0.478 e. The van der Waals surface area contributed by atoms with Crippen molar-refractivity contribution < 1.29 is 38.3 Å². The summed E-state index contributed by atoms with van der Waals surface area (Å²) >= 11 is 0. The molecule has 1 aliphatic rings. The molecule has 222 valence electrons. The van der Waals surface area contributed by atoms with Gasteiger partial charge in [0.1, 0.15) is 5.82 Å². The molecule has 2 N–H and O–H groups in total. The van der Waals surface area contributed by atoms with E-state index < -0.39 is 11.9 Å². The summed E-state index contributed by atoms with van der Waals surface area (Å²) in [6, 6.07) is 4.56. The van der Waals surface area contributed by atoms with Gasteiger partial charge < -0.3 is 19.6 Å². The van der Waals surface area contributed by atoms with Gasteiger partial charge in [-0.25, -0.2) is 14.0 Å². The number of carboxylic acid groups (broad SMARTS) is 2. The van der Waals surface area contributed by atoms with Crippen LogP contribution in [0.25, 0.3) is 11.0 Å². The first kappa shape index (κ1) is 32.9. The monoisotopic (exact) mass is 562 g/mol. The summed E-state index contributed by atoms with van der Waals surface area (Å²) in [5.41, 5.74) is 1.37. The van der Waals surface area contributed by atoms with Crippen LogP contribution in [0.4, 0.5) is 4.39 Å². The van der Waals surface area contributed by atoms with E-state index in [4.69, 9.17) is 19.6 Å². The summed E-state index contributed by atoms with van der Waals surface area (Å²) in [5, 5.41) is 22.5. The number of nitrogens with zero attached hydrogens (tertiary/aromatic N) is 2. The molecule has 0 bridgehead atoms. The topological polar surface area (TPSA) is 130 Å². The van der Waals surface area contributed by atoms with Gasteiger partial charge in [-0.15, -0.1) is 5.06 Å². The predicted molar refractivity (Wildman–Crippen MR) is 149 cm³/mol. The number of halogens is 1. The molecule has 1 unspecified atom stereocenters. The van der Waals surface area contributed by atoms with Crippen molar-refractivity contribution >= 4 is 28.9 Å². The Kier molecular flexibility index (Phi) is 14.9. The molecule has 1 aromatic carbocycles. The van der Waals surface area contributed by atoms with Gasteiger partial charge in [0.25, 0.3) is 0 Å². The van der Waals surface area contributed by atoms with E-state index >= 15 is 0 Å². The molecule has 0 amide bonds. The molecule has 40 heavy (non-hydrogen) atoms. The first-order valence-corrected chi connectivity index (χ1v) is 14.4. The van der Waals surface area contributed by atoms with Crippen LogP contribution in [0.3, 0.4) is 0 Å². The van der Waals surface area contributed by atoms with Gasteiger partial charge in [-0.05, 0) is 37.8 Å². The van der Waals surface area contributed by atoms with Crippen LogP contribution in [0.2, 0.25) is 0 Å². The second-order valence-corrected chi connectivity index (χ2v) is 10.2. The number of unbranched alkanes of at least 4 members (excludes halogenated alkanes) is 6. The van der Waals surface area contributed by atoms with Crippen LogP contribution in [0.5, 0.6) is 0 Å². The van der Waals surface area contributed by atoms with Gasteiger partial charge in [0, 0.05) is 42.6 Å². The number of carbonyl (C=O) groups is 3. The fourth-order valence-electron chi connectivity index (χ4n) is 4.79. The van der Waals surface area contributed by atoms with Gasteiger partial charge in [-0.3, -0.25) is 4.79 Å². The lowest BCUT2D eigenvalue weighted by atomic mass is 9.92. The van der Waals surface area contributed by atoms with Crippen LogP contribution < -0.4 is 0 Å². The first-order chi connectivity index (χ1) is 19.2. The number of hydrogen-bond donors (Lipinski definition) is 2. The molecule has 0 aliphatic carbocycles. The fourth-order valence-corrected chi connectivity index (χ4v) is 4.79. The number of aliphatic carboxylic acids is 2. The molecule has 0 spiro atoms. The molecule has 1 fully saturated rings. The third-order valence-corrected chi connectivity index (χ3v) is 7.04. The van der Waals surface area contributed by atoms with Crippen LogP contribution >= 0.6 is 0 Å². The molecule has 0 saturated carbocycles. The second-order valence-electron chi connectivity index (χ2n) is 10.2. The van der Waals surface area contributed by atoms with E-state index in [1.807, 2.05) is 5.06 Å². The molecule has 0 radical (unpaired) electrons. The standard InChI is InChI=1S/C26H39FN2O3.C4H4O4/c1-3-5-7-8-9-10-12-21(11-6-4-2)26(30)32-29-17-15-20(16-18-29)25-23-14-13-22(27)19-24(23)31-28-25;5-3(6)1-2-4(7)8/h13-14,19-21H,3-12,15-18H2,1-2H3;1-2H,(H,5,6)(H,7,8). The van der Waals surface area contributed by atoms with E-state index in [9.17, 15) is 18.8 Å². The summed E-state index contributed by atoms with van der Waals surface area (Å²) < 4.78 is 18.7. The summed E-state index contributed by atoms with van der Waals surface area (Å²) in [4.78, 5) is 37.8.